The quantitative estimate of drug-likeness (QED) is 0.579. The van der Waals surface area contributed by atoms with Gasteiger partial charge in [-0.1, -0.05) is 30.3 Å². The van der Waals surface area contributed by atoms with Crippen LogP contribution in [0.3, 0.4) is 0 Å². The molecule has 11 heavy (non-hydrogen) atoms. The minimum atomic E-state index is -4.07. The van der Waals surface area contributed by atoms with Crippen molar-refractivity contribution in [2.24, 2.45) is 0 Å². The Hall–Kier alpha value is -0.560. The van der Waals surface area contributed by atoms with Crippen LogP contribution in [-0.2, 0) is 0 Å². The average molecular weight is 178 g/mol. The molecular weight excluding hydrogens is 172 g/mol. The summed E-state index contributed by atoms with van der Waals surface area (Å²) >= 11 is 0. The normalized spacial score (nSPS) is 12.6. The lowest BCUT2D eigenvalue weighted by Crippen LogP contribution is -2.05. The zero-order valence-electron chi connectivity index (χ0n) is 5.52. The number of hydrogen-bond acceptors (Lipinski definition) is 0. The van der Waals surface area contributed by atoms with Crippen LogP contribution in [0.15, 0.2) is 30.3 Å². The van der Waals surface area contributed by atoms with Crippen LogP contribution < -0.4 is 5.30 Å². The third-order valence-electron chi connectivity index (χ3n) is 1.06. The lowest BCUT2D eigenvalue weighted by atomic mass is 10.4. The summed E-state index contributed by atoms with van der Waals surface area (Å²) in [5, 5.41) is 0.333. The molecule has 0 bridgehead atoms. The molecule has 0 aliphatic rings. The summed E-state index contributed by atoms with van der Waals surface area (Å²) in [5.41, 5.74) is 0. The summed E-state index contributed by atoms with van der Waals surface area (Å²) in [4.78, 5) is 0. The first kappa shape index (κ1) is 8.54. The van der Waals surface area contributed by atoms with Gasteiger partial charge in [-0.05, 0) is 5.30 Å². The highest BCUT2D eigenvalue weighted by Gasteiger charge is 2.27. The molecule has 0 heterocycles. The summed E-state index contributed by atoms with van der Waals surface area (Å²) in [6.07, 6.45) is 0. The first-order chi connectivity index (χ1) is 5.08. The van der Waals surface area contributed by atoms with Crippen molar-refractivity contribution in [2.45, 2.75) is 5.92 Å². The van der Waals surface area contributed by atoms with Gasteiger partial charge in [0.05, 0.1) is 0 Å². The van der Waals surface area contributed by atoms with Crippen LogP contribution in [0.5, 0.6) is 0 Å². The molecule has 1 atom stereocenters. The molecule has 0 saturated carbocycles. The molecule has 1 unspecified atom stereocenters. The van der Waals surface area contributed by atoms with E-state index in [2.05, 4.69) is 0 Å². The zero-order valence-corrected chi connectivity index (χ0v) is 6.52. The van der Waals surface area contributed by atoms with Gasteiger partial charge in [-0.25, -0.2) is 0 Å². The Morgan fingerprint density at radius 3 is 2.00 bits per heavy atom. The van der Waals surface area contributed by atoms with Gasteiger partial charge < -0.3 is 0 Å². The third-order valence-corrected chi connectivity index (χ3v) is 1.97. The number of hydrogen-bond donors (Lipinski definition) is 0. The largest absolute Gasteiger partial charge is 0.406 e. The number of benzene rings is 1. The van der Waals surface area contributed by atoms with Crippen molar-refractivity contribution in [3.63, 3.8) is 0 Å². The molecule has 1 aromatic rings. The molecule has 1 aromatic carbocycles. The maximum absolute atomic E-state index is 11.8. The third kappa shape index (κ3) is 3.38. The van der Waals surface area contributed by atoms with E-state index < -0.39 is 14.5 Å². The van der Waals surface area contributed by atoms with Crippen LogP contribution in [0.2, 0.25) is 0 Å². The summed E-state index contributed by atoms with van der Waals surface area (Å²) in [6.45, 7) is 0. The summed E-state index contributed by atoms with van der Waals surface area (Å²) in [5.74, 6) is -4.07. The van der Waals surface area contributed by atoms with Crippen molar-refractivity contribution in [1.82, 2.24) is 0 Å². The van der Waals surface area contributed by atoms with E-state index in [0.29, 0.717) is 5.30 Å². The second kappa shape index (κ2) is 3.22. The van der Waals surface area contributed by atoms with Gasteiger partial charge in [0.15, 0.2) is 0 Å². The first-order valence-corrected chi connectivity index (χ1v) is 3.98. The fourth-order valence-electron chi connectivity index (χ4n) is 0.685. The Morgan fingerprint density at radius 2 is 1.55 bits per heavy atom. The number of halogens is 3. The summed E-state index contributed by atoms with van der Waals surface area (Å²) in [7, 11) is -1.09. The molecule has 0 fully saturated rings. The van der Waals surface area contributed by atoms with Crippen molar-refractivity contribution >= 4 is 13.9 Å². The zero-order chi connectivity index (χ0) is 8.32. The highest BCUT2D eigenvalue weighted by atomic mass is 31.1. The highest BCUT2D eigenvalue weighted by molar-refractivity contribution is 7.48. The van der Waals surface area contributed by atoms with E-state index in [-0.39, 0.29) is 0 Å². The second-order valence-corrected chi connectivity index (χ2v) is 3.38. The van der Waals surface area contributed by atoms with E-state index in [1.165, 1.54) is 12.1 Å². The van der Waals surface area contributed by atoms with Crippen LogP contribution in [0.1, 0.15) is 0 Å². The molecule has 0 aromatic heterocycles. The average Bonchev–Trinajstić information content (AvgIpc) is 1.85. The number of alkyl halides is 3. The molecule has 60 valence electrons. The maximum Gasteiger partial charge on any atom is 0.406 e. The van der Waals surface area contributed by atoms with E-state index in [4.69, 9.17) is 0 Å². The van der Waals surface area contributed by atoms with Gasteiger partial charge in [-0.2, -0.15) is 13.2 Å². The Bertz CT molecular complexity index is 217. The van der Waals surface area contributed by atoms with E-state index >= 15 is 0 Å². The van der Waals surface area contributed by atoms with Gasteiger partial charge >= 0.3 is 5.92 Å². The molecule has 0 nitrogen and oxygen atoms in total. The maximum atomic E-state index is 11.8. The molecule has 4 heteroatoms. The first-order valence-electron chi connectivity index (χ1n) is 2.98. The highest BCUT2D eigenvalue weighted by Crippen LogP contribution is 2.35. The minimum absolute atomic E-state index is 0.333. The van der Waals surface area contributed by atoms with Crippen LogP contribution in [0.25, 0.3) is 0 Å². The minimum Gasteiger partial charge on any atom is -0.167 e. The predicted octanol–water partition coefficient (Wildman–Crippen LogP) is 2.51. The molecule has 0 saturated heterocycles. The van der Waals surface area contributed by atoms with Crippen LogP contribution >= 0.6 is 8.58 Å². The lowest BCUT2D eigenvalue weighted by molar-refractivity contribution is -0.0359. The summed E-state index contributed by atoms with van der Waals surface area (Å²) in [6, 6.07) is 7.87. The Kier molecular flexibility index (Phi) is 2.50. The van der Waals surface area contributed by atoms with E-state index in [1.807, 2.05) is 0 Å². The Labute approximate surface area is 64.2 Å². The summed E-state index contributed by atoms with van der Waals surface area (Å²) < 4.78 is 35.3. The van der Waals surface area contributed by atoms with Gasteiger partial charge in [0, 0.05) is 8.58 Å². The molecule has 0 aliphatic carbocycles. The van der Waals surface area contributed by atoms with Crippen LogP contribution in [0.4, 0.5) is 13.2 Å². The van der Waals surface area contributed by atoms with Crippen molar-refractivity contribution in [1.29, 1.82) is 0 Å². The van der Waals surface area contributed by atoms with Crippen LogP contribution in [0, 0.1) is 0 Å². The fraction of sp³-hybridized carbons (Fsp3) is 0.143. The van der Waals surface area contributed by atoms with Crippen LogP contribution in [-0.4, -0.2) is 5.92 Å². The van der Waals surface area contributed by atoms with E-state index in [0.717, 1.165) is 0 Å². The molecule has 0 spiro atoms. The Balaban J connectivity index is 2.66. The second-order valence-electron chi connectivity index (χ2n) is 1.99. The molecule has 0 amide bonds. The lowest BCUT2D eigenvalue weighted by Gasteiger charge is -2.04. The standard InChI is InChI=1S/C7H6F3P/c8-7(9,10)11-6-4-2-1-3-5-6/h1-5,11H. The molecule has 0 aliphatic heterocycles. The van der Waals surface area contributed by atoms with Gasteiger partial charge in [-0.3, -0.25) is 0 Å². The van der Waals surface area contributed by atoms with E-state index in [9.17, 15) is 13.2 Å². The van der Waals surface area contributed by atoms with Gasteiger partial charge in [0.25, 0.3) is 0 Å². The van der Waals surface area contributed by atoms with Gasteiger partial charge in [0.2, 0.25) is 0 Å². The van der Waals surface area contributed by atoms with E-state index in [1.54, 1.807) is 18.2 Å². The van der Waals surface area contributed by atoms with Crippen molar-refractivity contribution in [2.75, 3.05) is 0 Å². The molecule has 0 radical (unpaired) electrons. The molecular formula is C7H6F3P. The Morgan fingerprint density at radius 1 is 1.00 bits per heavy atom. The number of rotatable bonds is 1. The predicted molar refractivity (Wildman–Crippen MR) is 40.4 cm³/mol. The van der Waals surface area contributed by atoms with Crippen molar-refractivity contribution in [3.8, 4) is 0 Å². The molecule has 1 rings (SSSR count). The SMILES string of the molecule is FC(F)(F)Pc1ccccc1. The fourth-order valence-corrected chi connectivity index (χ4v) is 1.37. The van der Waals surface area contributed by atoms with Crippen molar-refractivity contribution in [3.05, 3.63) is 30.3 Å². The monoisotopic (exact) mass is 178 g/mol. The smallest absolute Gasteiger partial charge is 0.167 e. The van der Waals surface area contributed by atoms with Gasteiger partial charge in [-0.15, -0.1) is 0 Å². The topological polar surface area (TPSA) is 0 Å². The van der Waals surface area contributed by atoms with Gasteiger partial charge in [0.1, 0.15) is 0 Å². The van der Waals surface area contributed by atoms with Crippen molar-refractivity contribution < 1.29 is 13.2 Å². The molecule has 0 N–H and O–H groups in total.